The van der Waals surface area contributed by atoms with Crippen molar-refractivity contribution < 1.29 is 28.7 Å². The van der Waals surface area contributed by atoms with Crippen LogP contribution in [-0.4, -0.2) is 79.6 Å². The highest BCUT2D eigenvalue weighted by molar-refractivity contribution is 6.14. The van der Waals surface area contributed by atoms with Crippen molar-refractivity contribution in [2.45, 2.75) is 38.5 Å². The van der Waals surface area contributed by atoms with Gasteiger partial charge in [0.25, 0.3) is 17.7 Å². The van der Waals surface area contributed by atoms with E-state index in [1.807, 2.05) is 0 Å². The molecular formula is C39H41N6O6+. The zero-order chi connectivity index (χ0) is 36.7. The van der Waals surface area contributed by atoms with Crippen molar-refractivity contribution in [3.05, 3.63) is 120 Å². The number of fused-ring (bicyclic) bond motifs is 2. The van der Waals surface area contributed by atoms with Crippen LogP contribution in [0.15, 0.2) is 109 Å². The normalized spacial score (nSPS) is 20.5. The molecule has 51 heavy (non-hydrogen) atoms. The number of carbonyl (C=O) groups excluding carboxylic acids is 5. The van der Waals surface area contributed by atoms with E-state index in [1.165, 1.54) is 21.7 Å². The van der Waals surface area contributed by atoms with E-state index < -0.39 is 52.0 Å². The molecule has 12 heteroatoms. The molecule has 262 valence electrons. The lowest BCUT2D eigenvalue weighted by Crippen LogP contribution is -2.74. The van der Waals surface area contributed by atoms with Crippen LogP contribution in [0, 0.1) is 0 Å². The summed E-state index contributed by atoms with van der Waals surface area (Å²) in [5.74, 6) is -2.06. The number of quaternary nitrogens is 1. The smallest absolute Gasteiger partial charge is 0.440 e. The molecule has 5 amide bonds. The first kappa shape index (κ1) is 35.0. The number of carbonyl (C=O) groups is 5. The fraction of sp³-hybridized carbons (Fsp3) is 0.256. The standard InChI is InChI=1S/C39H41N6O6/c1-39(2,3)51-38(50)44(32-25-43(35(47)27-18-10-7-11-19-27)30-21-13-12-20-29(30)41(4)36(32)48)45(5)33-23-15-14-22-31(33)42(24-28(40)37(45)49)34(46)26-16-8-6-9-17-26/h6-23,28,32H,24-25,40H2,1-5H3/q+1/t28-,32-,45?/m0/s1. The van der Waals surface area contributed by atoms with E-state index in [2.05, 4.69) is 0 Å². The third kappa shape index (κ3) is 6.35. The molecule has 3 atom stereocenters. The number of hydrogen-bond donors (Lipinski definition) is 1. The Labute approximate surface area is 296 Å². The average molecular weight is 690 g/mol. The van der Waals surface area contributed by atoms with E-state index in [-0.39, 0.29) is 18.8 Å². The minimum absolute atomic E-state index is 0.206. The molecule has 12 nitrogen and oxygen atoms in total. The van der Waals surface area contributed by atoms with Gasteiger partial charge in [-0.1, -0.05) is 60.7 Å². The third-order valence-corrected chi connectivity index (χ3v) is 9.11. The van der Waals surface area contributed by atoms with E-state index in [1.54, 1.807) is 137 Å². The lowest BCUT2D eigenvalue weighted by molar-refractivity contribution is -0.150. The minimum atomic E-state index is -1.48. The van der Waals surface area contributed by atoms with Gasteiger partial charge in [0.1, 0.15) is 24.4 Å². The number of anilines is 3. The highest BCUT2D eigenvalue weighted by Crippen LogP contribution is 2.42. The Morgan fingerprint density at radius 1 is 0.725 bits per heavy atom. The topological polar surface area (TPSA) is 134 Å². The average Bonchev–Trinajstić information content (AvgIpc) is 3.28. The second-order valence-electron chi connectivity index (χ2n) is 13.7. The van der Waals surface area contributed by atoms with Gasteiger partial charge in [0.05, 0.1) is 24.5 Å². The first-order valence-corrected chi connectivity index (χ1v) is 16.6. The van der Waals surface area contributed by atoms with Gasteiger partial charge in [0.15, 0.2) is 11.7 Å². The molecule has 2 aliphatic rings. The van der Waals surface area contributed by atoms with E-state index in [4.69, 9.17) is 10.5 Å². The van der Waals surface area contributed by atoms with E-state index >= 15 is 0 Å². The van der Waals surface area contributed by atoms with Gasteiger partial charge in [-0.2, -0.15) is 0 Å². The van der Waals surface area contributed by atoms with Crippen LogP contribution in [-0.2, 0) is 14.3 Å². The number of likely N-dealkylation sites (N-methyl/N-ethyl adjacent to an activating group) is 2. The summed E-state index contributed by atoms with van der Waals surface area (Å²) in [6.45, 7) is 4.49. The molecule has 0 saturated carbocycles. The van der Waals surface area contributed by atoms with Gasteiger partial charge in [-0.3, -0.25) is 14.4 Å². The van der Waals surface area contributed by atoms with E-state index in [9.17, 15) is 24.0 Å². The Kier molecular flexibility index (Phi) is 9.24. The van der Waals surface area contributed by atoms with E-state index in [0.717, 1.165) is 5.01 Å². The SMILES string of the molecule is CN1C(=O)[C@@H](N(C(=O)OC(C)(C)C)[N+]2(C)C(=O)[C@@H](N)CN(C(=O)c3ccccc3)c3ccccc32)CN(C(=O)c2ccccc2)c2ccccc21. The summed E-state index contributed by atoms with van der Waals surface area (Å²) in [6, 6.07) is 28.1. The number of hydrogen-bond acceptors (Lipinski definition) is 7. The van der Waals surface area contributed by atoms with Crippen molar-refractivity contribution in [3.8, 4) is 0 Å². The predicted molar refractivity (Wildman–Crippen MR) is 195 cm³/mol. The van der Waals surface area contributed by atoms with Crippen molar-refractivity contribution in [2.24, 2.45) is 5.73 Å². The molecule has 2 heterocycles. The Morgan fingerprint density at radius 2 is 1.20 bits per heavy atom. The van der Waals surface area contributed by atoms with E-state index in [0.29, 0.717) is 28.2 Å². The number of benzene rings is 4. The summed E-state index contributed by atoms with van der Waals surface area (Å²) in [4.78, 5) is 76.9. The maximum Gasteiger partial charge on any atom is 0.456 e. The summed E-state index contributed by atoms with van der Waals surface area (Å²) in [5.41, 5.74) is 7.73. The lowest BCUT2D eigenvalue weighted by Gasteiger charge is -2.44. The molecule has 6 rings (SSSR count). The van der Waals surface area contributed by atoms with Crippen LogP contribution >= 0.6 is 0 Å². The molecule has 0 saturated heterocycles. The maximum atomic E-state index is 14.9. The Hall–Kier alpha value is -5.85. The van der Waals surface area contributed by atoms with Crippen LogP contribution in [0.1, 0.15) is 41.5 Å². The molecule has 0 spiro atoms. The van der Waals surface area contributed by atoms with Crippen molar-refractivity contribution in [2.75, 3.05) is 41.9 Å². The quantitative estimate of drug-likeness (QED) is 0.299. The molecular weight excluding hydrogens is 648 g/mol. The van der Waals surface area contributed by atoms with Crippen molar-refractivity contribution in [1.82, 2.24) is 9.60 Å². The fourth-order valence-electron chi connectivity index (χ4n) is 6.68. The van der Waals surface area contributed by atoms with Gasteiger partial charge in [0, 0.05) is 24.2 Å². The number of para-hydroxylation sites is 4. The second kappa shape index (κ2) is 13.5. The predicted octanol–water partition coefficient (Wildman–Crippen LogP) is 4.98. The first-order valence-electron chi connectivity index (χ1n) is 16.6. The highest BCUT2D eigenvalue weighted by Gasteiger charge is 2.58. The molecule has 1 unspecified atom stereocenters. The molecule has 0 aromatic heterocycles. The number of rotatable bonds is 4. The summed E-state index contributed by atoms with van der Waals surface area (Å²) in [5, 5.41) is 1.07. The summed E-state index contributed by atoms with van der Waals surface area (Å²) in [6.07, 6.45) is -0.993. The van der Waals surface area contributed by atoms with Gasteiger partial charge >= 0.3 is 12.0 Å². The van der Waals surface area contributed by atoms with Crippen LogP contribution in [0.3, 0.4) is 0 Å². The van der Waals surface area contributed by atoms with Gasteiger partial charge in [-0.05, 0) is 63.2 Å². The van der Waals surface area contributed by atoms with Gasteiger partial charge in [-0.15, -0.1) is 9.60 Å². The van der Waals surface area contributed by atoms with Gasteiger partial charge in [0.2, 0.25) is 0 Å². The van der Waals surface area contributed by atoms with Crippen LogP contribution in [0.5, 0.6) is 0 Å². The number of nitrogens with two attached hydrogens (primary N) is 1. The fourth-order valence-corrected chi connectivity index (χ4v) is 6.68. The molecule has 0 bridgehead atoms. The summed E-state index contributed by atoms with van der Waals surface area (Å²) in [7, 11) is 3.03. The highest BCUT2D eigenvalue weighted by atomic mass is 16.6. The zero-order valence-corrected chi connectivity index (χ0v) is 29.2. The Morgan fingerprint density at radius 3 is 1.75 bits per heavy atom. The Bertz CT molecular complexity index is 2000. The van der Waals surface area contributed by atoms with Crippen LogP contribution < -0.4 is 25.0 Å². The molecule has 4 aromatic carbocycles. The molecule has 4 aromatic rings. The zero-order valence-electron chi connectivity index (χ0n) is 29.2. The number of nitrogens with zero attached hydrogens (tertiary/aromatic N) is 5. The van der Waals surface area contributed by atoms with Gasteiger partial charge < -0.3 is 25.2 Å². The monoisotopic (exact) mass is 689 g/mol. The minimum Gasteiger partial charge on any atom is -0.440 e. The van der Waals surface area contributed by atoms with Crippen LogP contribution in [0.2, 0.25) is 0 Å². The van der Waals surface area contributed by atoms with Crippen molar-refractivity contribution in [1.29, 1.82) is 0 Å². The van der Waals surface area contributed by atoms with Crippen molar-refractivity contribution >= 4 is 52.5 Å². The molecule has 2 N–H and O–H groups in total. The molecule has 0 fully saturated rings. The van der Waals surface area contributed by atoms with Crippen molar-refractivity contribution in [3.63, 3.8) is 0 Å². The molecule has 2 aliphatic heterocycles. The Balaban J connectivity index is 1.58. The second-order valence-corrected chi connectivity index (χ2v) is 13.7. The summed E-state index contributed by atoms with van der Waals surface area (Å²) < 4.78 is 5.00. The lowest BCUT2D eigenvalue weighted by atomic mass is 10.1. The molecule has 0 radical (unpaired) electrons. The van der Waals surface area contributed by atoms with Crippen LogP contribution in [0.25, 0.3) is 0 Å². The first-order chi connectivity index (χ1) is 24.2. The third-order valence-electron chi connectivity index (χ3n) is 9.11. The summed E-state index contributed by atoms with van der Waals surface area (Å²) >= 11 is 0. The number of ether oxygens (including phenoxy) is 1. The number of amides is 5. The van der Waals surface area contributed by atoms with Crippen LogP contribution in [0.4, 0.5) is 27.5 Å². The molecule has 0 aliphatic carbocycles. The largest absolute Gasteiger partial charge is 0.456 e. The maximum absolute atomic E-state index is 14.9. The van der Waals surface area contributed by atoms with Gasteiger partial charge in [-0.25, -0.2) is 9.59 Å².